The largest absolute Gasteiger partial charge is 0.497 e. The molecule has 0 saturated heterocycles. The lowest BCUT2D eigenvalue weighted by Gasteiger charge is -2.17. The number of hydrogen-bond acceptors (Lipinski definition) is 5. The van der Waals surface area contributed by atoms with Crippen molar-refractivity contribution in [2.75, 3.05) is 19.5 Å². The Bertz CT molecular complexity index is 1020. The fourth-order valence-electron chi connectivity index (χ4n) is 2.66. The lowest BCUT2D eigenvalue weighted by Crippen LogP contribution is -2.19. The number of methoxy groups -OCH3 is 2. The van der Waals surface area contributed by atoms with Crippen LogP contribution in [0.2, 0.25) is 5.02 Å². The summed E-state index contributed by atoms with van der Waals surface area (Å²) in [7, 11) is 3.07. The van der Waals surface area contributed by atoms with E-state index in [1.165, 1.54) is 7.11 Å². The van der Waals surface area contributed by atoms with Crippen molar-refractivity contribution < 1.29 is 9.47 Å². The first-order valence-corrected chi connectivity index (χ1v) is 8.70. The van der Waals surface area contributed by atoms with Crippen LogP contribution in [0.3, 0.4) is 0 Å². The monoisotopic (exact) mass is 385 g/mol. The Morgan fingerprint density at radius 2 is 1.93 bits per heavy atom. The summed E-state index contributed by atoms with van der Waals surface area (Å²) in [5.41, 5.74) is 2.20. The average Bonchev–Trinajstić information content (AvgIpc) is 2.67. The minimum absolute atomic E-state index is 0.172. The van der Waals surface area contributed by atoms with E-state index in [1.807, 2.05) is 54.0 Å². The van der Waals surface area contributed by atoms with Gasteiger partial charge < -0.3 is 19.4 Å². The molecule has 27 heavy (non-hydrogen) atoms. The van der Waals surface area contributed by atoms with E-state index in [1.54, 1.807) is 13.3 Å². The van der Waals surface area contributed by atoms with Crippen LogP contribution >= 0.6 is 11.6 Å². The zero-order valence-electron chi connectivity index (χ0n) is 15.3. The van der Waals surface area contributed by atoms with Crippen LogP contribution in [0.1, 0.15) is 11.1 Å². The molecular formula is C20H20ClN3O3. The Hall–Kier alpha value is -2.99. The summed E-state index contributed by atoms with van der Waals surface area (Å²) < 4.78 is 12.2. The number of benzene rings is 2. The molecule has 0 atom stereocenters. The van der Waals surface area contributed by atoms with Gasteiger partial charge in [0.15, 0.2) is 0 Å². The Labute approximate surface area is 162 Å². The molecule has 0 fully saturated rings. The van der Waals surface area contributed by atoms with Gasteiger partial charge in [-0.05, 0) is 42.3 Å². The van der Waals surface area contributed by atoms with Gasteiger partial charge in [-0.25, -0.2) is 0 Å². The maximum Gasteiger partial charge on any atom is 0.316 e. The molecule has 1 heterocycles. The van der Waals surface area contributed by atoms with Crippen molar-refractivity contribution in [2.24, 2.45) is 0 Å². The second kappa shape index (κ2) is 8.14. The van der Waals surface area contributed by atoms with Crippen LogP contribution in [0.4, 0.5) is 11.6 Å². The maximum absolute atomic E-state index is 12.2. The van der Waals surface area contributed by atoms with E-state index in [9.17, 15) is 4.79 Å². The molecule has 0 radical (unpaired) electrons. The van der Waals surface area contributed by atoms with Crippen LogP contribution in [-0.2, 0) is 6.54 Å². The van der Waals surface area contributed by atoms with E-state index >= 15 is 0 Å². The van der Waals surface area contributed by atoms with Crippen LogP contribution in [0.5, 0.6) is 11.5 Å². The Balaban J connectivity index is 2.03. The number of ether oxygens (including phenoxy) is 2. The van der Waals surface area contributed by atoms with Gasteiger partial charge in [0.25, 0.3) is 0 Å². The number of rotatable bonds is 6. The standard InChI is InChI=1S/C20H20ClN3O3/c1-13-16(21)8-5-9-17(13)22-20-23-19(25)18(27-3)12-24(20)11-14-6-4-7-15(10-14)26-2/h4-10,12H,11H2,1-3H3,(H,22,23,25). The third kappa shape index (κ3) is 4.23. The van der Waals surface area contributed by atoms with Crippen molar-refractivity contribution >= 4 is 23.2 Å². The molecule has 0 saturated carbocycles. The van der Waals surface area contributed by atoms with Crippen molar-refractivity contribution in [2.45, 2.75) is 13.5 Å². The number of anilines is 2. The van der Waals surface area contributed by atoms with Crippen LogP contribution in [0.15, 0.2) is 53.5 Å². The van der Waals surface area contributed by atoms with Crippen LogP contribution < -0.4 is 20.3 Å². The summed E-state index contributed by atoms with van der Waals surface area (Å²) in [4.78, 5) is 16.3. The third-order valence-electron chi connectivity index (χ3n) is 4.18. The summed E-state index contributed by atoms with van der Waals surface area (Å²) in [5, 5.41) is 3.84. The van der Waals surface area contributed by atoms with Crippen molar-refractivity contribution in [1.82, 2.24) is 9.55 Å². The Morgan fingerprint density at radius 3 is 2.67 bits per heavy atom. The van der Waals surface area contributed by atoms with Gasteiger partial charge in [0.05, 0.1) is 27.0 Å². The lowest BCUT2D eigenvalue weighted by atomic mass is 10.2. The maximum atomic E-state index is 12.2. The van der Waals surface area contributed by atoms with E-state index in [-0.39, 0.29) is 5.75 Å². The van der Waals surface area contributed by atoms with E-state index in [4.69, 9.17) is 21.1 Å². The Kier molecular flexibility index (Phi) is 5.66. The SMILES string of the molecule is COc1cccc(Cn2cc(OC)c(=O)nc2Nc2cccc(Cl)c2C)c1. The third-order valence-corrected chi connectivity index (χ3v) is 4.59. The first-order valence-electron chi connectivity index (χ1n) is 8.32. The molecule has 0 aliphatic rings. The summed E-state index contributed by atoms with van der Waals surface area (Å²) >= 11 is 6.20. The van der Waals surface area contributed by atoms with Crippen LogP contribution in [0.25, 0.3) is 0 Å². The number of hydrogen-bond donors (Lipinski definition) is 1. The quantitative estimate of drug-likeness (QED) is 0.694. The van der Waals surface area contributed by atoms with Gasteiger partial charge >= 0.3 is 5.56 Å². The van der Waals surface area contributed by atoms with Crippen LogP contribution in [0, 0.1) is 6.92 Å². The van der Waals surface area contributed by atoms with E-state index in [2.05, 4.69) is 10.3 Å². The highest BCUT2D eigenvalue weighted by Gasteiger charge is 2.12. The predicted octanol–water partition coefficient (Wildman–Crippen LogP) is 4.01. The molecule has 3 aromatic rings. The molecule has 0 aliphatic heterocycles. The van der Waals surface area contributed by atoms with Gasteiger partial charge in [0.2, 0.25) is 11.7 Å². The van der Waals surface area contributed by atoms with Gasteiger partial charge in [0, 0.05) is 10.7 Å². The number of nitrogens with one attached hydrogen (secondary N) is 1. The molecule has 3 rings (SSSR count). The zero-order valence-corrected chi connectivity index (χ0v) is 16.1. The van der Waals surface area contributed by atoms with Gasteiger partial charge in [-0.15, -0.1) is 0 Å². The highest BCUT2D eigenvalue weighted by atomic mass is 35.5. The molecule has 6 nitrogen and oxygen atoms in total. The highest BCUT2D eigenvalue weighted by molar-refractivity contribution is 6.31. The zero-order chi connectivity index (χ0) is 19.4. The average molecular weight is 386 g/mol. The topological polar surface area (TPSA) is 65.4 Å². The number of halogens is 1. The first-order chi connectivity index (χ1) is 13.0. The number of aromatic nitrogens is 2. The summed E-state index contributed by atoms with van der Waals surface area (Å²) in [6, 6.07) is 13.2. The molecule has 0 amide bonds. The van der Waals surface area contributed by atoms with Gasteiger partial charge in [-0.1, -0.05) is 29.8 Å². The first kappa shape index (κ1) is 18.8. The molecular weight excluding hydrogens is 366 g/mol. The Morgan fingerprint density at radius 1 is 1.15 bits per heavy atom. The van der Waals surface area contributed by atoms with E-state index in [0.717, 1.165) is 22.6 Å². The molecule has 0 aliphatic carbocycles. The minimum atomic E-state index is -0.443. The van der Waals surface area contributed by atoms with Crippen molar-refractivity contribution in [3.05, 3.63) is 75.2 Å². The molecule has 1 N–H and O–H groups in total. The predicted molar refractivity (Wildman–Crippen MR) is 107 cm³/mol. The highest BCUT2D eigenvalue weighted by Crippen LogP contribution is 2.26. The van der Waals surface area contributed by atoms with Gasteiger partial charge in [-0.3, -0.25) is 4.79 Å². The molecule has 140 valence electrons. The molecule has 0 unspecified atom stereocenters. The van der Waals surface area contributed by atoms with Crippen molar-refractivity contribution in [3.8, 4) is 11.5 Å². The molecule has 0 spiro atoms. The fourth-order valence-corrected chi connectivity index (χ4v) is 2.84. The molecule has 7 heteroatoms. The van der Waals surface area contributed by atoms with Crippen LogP contribution in [-0.4, -0.2) is 23.8 Å². The second-order valence-electron chi connectivity index (χ2n) is 5.95. The van der Waals surface area contributed by atoms with Gasteiger partial charge in [-0.2, -0.15) is 4.98 Å². The summed E-state index contributed by atoms with van der Waals surface area (Å²) in [5.74, 6) is 1.33. The van der Waals surface area contributed by atoms with E-state index in [0.29, 0.717) is 17.5 Å². The minimum Gasteiger partial charge on any atom is -0.497 e. The summed E-state index contributed by atoms with van der Waals surface area (Å²) in [6.45, 7) is 2.38. The smallest absolute Gasteiger partial charge is 0.316 e. The lowest BCUT2D eigenvalue weighted by molar-refractivity contribution is 0.402. The number of nitrogens with zero attached hydrogens (tertiary/aromatic N) is 2. The van der Waals surface area contributed by atoms with E-state index < -0.39 is 5.56 Å². The van der Waals surface area contributed by atoms with Crippen molar-refractivity contribution in [3.63, 3.8) is 0 Å². The molecule has 2 aromatic carbocycles. The normalized spacial score (nSPS) is 10.5. The molecule has 0 bridgehead atoms. The summed E-state index contributed by atoms with van der Waals surface area (Å²) in [6.07, 6.45) is 1.64. The van der Waals surface area contributed by atoms with Gasteiger partial charge in [0.1, 0.15) is 5.75 Å². The fraction of sp³-hybridized carbons (Fsp3) is 0.200. The van der Waals surface area contributed by atoms with Crippen molar-refractivity contribution in [1.29, 1.82) is 0 Å². The molecule has 1 aromatic heterocycles. The second-order valence-corrected chi connectivity index (χ2v) is 6.36.